The van der Waals surface area contributed by atoms with Crippen LogP contribution < -0.4 is 15.0 Å². The Labute approximate surface area is 202 Å². The molecule has 2 aliphatic heterocycles. The molecule has 1 atom stereocenters. The zero-order chi connectivity index (χ0) is 23.8. The van der Waals surface area contributed by atoms with Gasteiger partial charge in [0.1, 0.15) is 23.2 Å². The van der Waals surface area contributed by atoms with Crippen LogP contribution in [0.5, 0.6) is 11.5 Å². The molecular formula is C25H28ClNO7. The molecular weight excluding hydrogens is 462 g/mol. The van der Waals surface area contributed by atoms with Gasteiger partial charge in [0, 0.05) is 62.5 Å². The molecule has 3 heterocycles. The van der Waals surface area contributed by atoms with E-state index >= 15 is 0 Å². The van der Waals surface area contributed by atoms with Gasteiger partial charge in [0.25, 0.3) is 5.56 Å². The highest BCUT2D eigenvalue weighted by molar-refractivity contribution is 6.32. The SMILES string of the molecule is COCCCOc1cc2c(cc1Cl)-c1c(cc(C(=O)O)c(=O)n1C1CC1)C(C1CCOCC1)O2. The first-order chi connectivity index (χ1) is 16.5. The zero-order valence-corrected chi connectivity index (χ0v) is 19.8. The van der Waals surface area contributed by atoms with Gasteiger partial charge in [0.05, 0.1) is 17.3 Å². The molecule has 34 heavy (non-hydrogen) atoms. The highest BCUT2D eigenvalue weighted by Gasteiger charge is 2.40. The molecule has 3 aliphatic rings. The predicted octanol–water partition coefficient (Wildman–Crippen LogP) is 4.48. The molecule has 182 valence electrons. The summed E-state index contributed by atoms with van der Waals surface area (Å²) in [7, 11) is 1.64. The van der Waals surface area contributed by atoms with E-state index in [9.17, 15) is 14.7 Å². The summed E-state index contributed by atoms with van der Waals surface area (Å²) in [4.78, 5) is 25.2. The molecule has 0 spiro atoms. The van der Waals surface area contributed by atoms with E-state index in [-0.39, 0.29) is 17.5 Å². The van der Waals surface area contributed by atoms with Crippen molar-refractivity contribution in [1.82, 2.24) is 4.57 Å². The minimum absolute atomic E-state index is 0.0226. The highest BCUT2D eigenvalue weighted by Crippen LogP contribution is 2.51. The second kappa shape index (κ2) is 9.60. The molecule has 1 saturated heterocycles. The normalized spacial score (nSPS) is 19.8. The number of aromatic nitrogens is 1. The van der Waals surface area contributed by atoms with Crippen LogP contribution in [0.2, 0.25) is 5.02 Å². The maximum atomic E-state index is 13.3. The minimum Gasteiger partial charge on any atom is -0.492 e. The Kier molecular flexibility index (Phi) is 6.55. The molecule has 1 aromatic heterocycles. The fraction of sp³-hybridized carbons (Fsp3) is 0.520. The number of fused-ring (bicyclic) bond motifs is 3. The number of rotatable bonds is 8. The van der Waals surface area contributed by atoms with E-state index in [1.54, 1.807) is 23.8 Å². The first-order valence-corrected chi connectivity index (χ1v) is 12.1. The summed E-state index contributed by atoms with van der Waals surface area (Å²) in [5.41, 5.74) is 1.42. The number of carbonyl (C=O) groups is 1. The summed E-state index contributed by atoms with van der Waals surface area (Å²) >= 11 is 6.58. The number of pyridine rings is 1. The Morgan fingerprint density at radius 3 is 2.62 bits per heavy atom. The van der Waals surface area contributed by atoms with E-state index in [1.807, 2.05) is 0 Å². The molecule has 9 heteroatoms. The Bertz CT molecular complexity index is 1150. The molecule has 1 aliphatic carbocycles. The summed E-state index contributed by atoms with van der Waals surface area (Å²) in [6.45, 7) is 2.27. The van der Waals surface area contributed by atoms with Crippen LogP contribution in [-0.2, 0) is 9.47 Å². The maximum absolute atomic E-state index is 13.3. The molecule has 1 unspecified atom stereocenters. The number of carboxylic acids is 1. The molecule has 1 aromatic carbocycles. The van der Waals surface area contributed by atoms with Gasteiger partial charge in [-0.05, 0) is 37.8 Å². The fourth-order valence-electron chi connectivity index (χ4n) is 4.87. The Hall–Kier alpha value is -2.55. The van der Waals surface area contributed by atoms with Crippen molar-refractivity contribution < 1.29 is 28.8 Å². The second-order valence-electron chi connectivity index (χ2n) is 9.04. The van der Waals surface area contributed by atoms with Crippen LogP contribution in [0.25, 0.3) is 11.3 Å². The number of nitrogens with zero attached hydrogens (tertiary/aromatic N) is 1. The number of benzene rings is 1. The van der Waals surface area contributed by atoms with Crippen molar-refractivity contribution in [3.8, 4) is 22.8 Å². The van der Waals surface area contributed by atoms with Crippen molar-refractivity contribution in [3.05, 3.63) is 44.7 Å². The van der Waals surface area contributed by atoms with Gasteiger partial charge in [-0.25, -0.2) is 4.79 Å². The lowest BCUT2D eigenvalue weighted by atomic mass is 9.84. The lowest BCUT2D eigenvalue weighted by Gasteiger charge is -2.37. The first kappa shape index (κ1) is 23.2. The van der Waals surface area contributed by atoms with Gasteiger partial charge in [0.15, 0.2) is 0 Å². The maximum Gasteiger partial charge on any atom is 0.341 e. The van der Waals surface area contributed by atoms with Gasteiger partial charge >= 0.3 is 5.97 Å². The topological polar surface area (TPSA) is 96.2 Å². The summed E-state index contributed by atoms with van der Waals surface area (Å²) < 4.78 is 24.7. The van der Waals surface area contributed by atoms with Crippen LogP contribution in [0.3, 0.4) is 0 Å². The molecule has 1 N–H and O–H groups in total. The van der Waals surface area contributed by atoms with Crippen molar-refractivity contribution in [3.63, 3.8) is 0 Å². The number of aromatic carboxylic acids is 1. The smallest absolute Gasteiger partial charge is 0.341 e. The summed E-state index contributed by atoms with van der Waals surface area (Å²) in [6, 6.07) is 5.03. The highest BCUT2D eigenvalue weighted by atomic mass is 35.5. The zero-order valence-electron chi connectivity index (χ0n) is 19.0. The summed E-state index contributed by atoms with van der Waals surface area (Å²) in [5, 5.41) is 10.2. The third-order valence-corrected chi connectivity index (χ3v) is 7.00. The number of methoxy groups -OCH3 is 1. The molecule has 0 amide bonds. The van der Waals surface area contributed by atoms with Crippen LogP contribution in [0.4, 0.5) is 0 Å². The number of hydrogen-bond acceptors (Lipinski definition) is 6. The van der Waals surface area contributed by atoms with Crippen molar-refractivity contribution in [2.24, 2.45) is 5.92 Å². The molecule has 5 rings (SSSR count). The van der Waals surface area contributed by atoms with Gasteiger partial charge in [-0.1, -0.05) is 11.6 Å². The van der Waals surface area contributed by atoms with Crippen molar-refractivity contribution in [2.45, 2.75) is 44.2 Å². The van der Waals surface area contributed by atoms with Crippen LogP contribution in [0.15, 0.2) is 23.0 Å². The number of carboxylic acid groups (broad SMARTS) is 1. The second-order valence-corrected chi connectivity index (χ2v) is 9.44. The van der Waals surface area contributed by atoms with Crippen molar-refractivity contribution in [1.29, 1.82) is 0 Å². The number of hydrogen-bond donors (Lipinski definition) is 1. The van der Waals surface area contributed by atoms with Crippen LogP contribution in [0, 0.1) is 5.92 Å². The quantitative estimate of drug-likeness (QED) is 0.546. The van der Waals surface area contributed by atoms with E-state index in [0.717, 1.165) is 37.7 Å². The van der Waals surface area contributed by atoms with Gasteiger partial charge in [-0.3, -0.25) is 4.79 Å². The van der Waals surface area contributed by atoms with E-state index in [1.165, 1.54) is 6.07 Å². The van der Waals surface area contributed by atoms with E-state index in [2.05, 4.69) is 0 Å². The number of ether oxygens (including phenoxy) is 4. The van der Waals surface area contributed by atoms with E-state index < -0.39 is 17.6 Å². The average molecular weight is 490 g/mol. The van der Waals surface area contributed by atoms with Crippen LogP contribution >= 0.6 is 11.6 Å². The van der Waals surface area contributed by atoms with Gasteiger partial charge in [-0.15, -0.1) is 0 Å². The average Bonchev–Trinajstić information content (AvgIpc) is 3.67. The molecule has 2 aromatic rings. The predicted molar refractivity (Wildman–Crippen MR) is 125 cm³/mol. The van der Waals surface area contributed by atoms with Crippen molar-refractivity contribution >= 4 is 17.6 Å². The van der Waals surface area contributed by atoms with E-state index in [0.29, 0.717) is 54.2 Å². The van der Waals surface area contributed by atoms with E-state index in [4.69, 9.17) is 30.5 Å². The molecule has 0 bridgehead atoms. The van der Waals surface area contributed by atoms with Crippen LogP contribution in [-0.4, -0.2) is 49.2 Å². The van der Waals surface area contributed by atoms with Gasteiger partial charge in [-0.2, -0.15) is 0 Å². The summed E-state index contributed by atoms with van der Waals surface area (Å²) in [5.74, 6) is 0.00550. The minimum atomic E-state index is -1.23. The lowest BCUT2D eigenvalue weighted by Crippen LogP contribution is -2.34. The Morgan fingerprint density at radius 1 is 1.18 bits per heavy atom. The van der Waals surface area contributed by atoms with Crippen LogP contribution in [0.1, 0.15) is 60.2 Å². The molecule has 1 saturated carbocycles. The van der Waals surface area contributed by atoms with Crippen molar-refractivity contribution in [2.75, 3.05) is 33.5 Å². The Balaban J connectivity index is 1.65. The third kappa shape index (κ3) is 4.30. The van der Waals surface area contributed by atoms with Gasteiger partial charge in [0.2, 0.25) is 0 Å². The molecule has 8 nitrogen and oxygen atoms in total. The molecule has 0 radical (unpaired) electrons. The number of halogens is 1. The first-order valence-electron chi connectivity index (χ1n) is 11.7. The molecule has 2 fully saturated rings. The third-order valence-electron chi connectivity index (χ3n) is 6.70. The Morgan fingerprint density at radius 2 is 1.94 bits per heavy atom. The fourth-order valence-corrected chi connectivity index (χ4v) is 5.09. The lowest BCUT2D eigenvalue weighted by molar-refractivity contribution is 0.0159. The standard InChI is InChI=1S/C25H28ClNO7/c1-31-7-2-8-33-21-13-20-16(12-19(21)26)22-17(23(34-20)14-5-9-32-10-6-14)11-18(25(29)30)24(28)27(22)15-3-4-15/h11-15,23H,2-10H2,1H3,(H,29,30). The largest absolute Gasteiger partial charge is 0.492 e. The van der Waals surface area contributed by atoms with Gasteiger partial charge < -0.3 is 28.6 Å². The summed E-state index contributed by atoms with van der Waals surface area (Å²) in [6.07, 6.45) is 3.58. The monoisotopic (exact) mass is 489 g/mol.